The highest BCUT2D eigenvalue weighted by Gasteiger charge is 2.13. The van der Waals surface area contributed by atoms with Crippen LogP contribution in [0.3, 0.4) is 0 Å². The zero-order valence-corrected chi connectivity index (χ0v) is 9.89. The smallest absolute Gasteiger partial charge is 0.298 e. The molecule has 0 spiro atoms. The topological polar surface area (TPSA) is 75.5 Å². The predicted octanol–water partition coefficient (Wildman–Crippen LogP) is 1.62. The number of aliphatic hydroxyl groups excluding tert-OH is 1. The van der Waals surface area contributed by atoms with Gasteiger partial charge in [-0.1, -0.05) is 6.07 Å². The number of benzene rings is 1. The van der Waals surface area contributed by atoms with Crippen molar-refractivity contribution in [1.82, 2.24) is 4.98 Å². The lowest BCUT2D eigenvalue weighted by Gasteiger charge is -2.17. The number of nitrogens with zero attached hydrogens (tertiary/aromatic N) is 2. The minimum absolute atomic E-state index is 0.166. The van der Waals surface area contributed by atoms with E-state index in [1.165, 1.54) is 0 Å². The molecule has 1 aromatic carbocycles. The SMILES string of the molecule is CCN(CCCO)c1nc2c(N)cccc2o1. The summed E-state index contributed by atoms with van der Waals surface area (Å²) in [5.41, 5.74) is 7.85. The third kappa shape index (κ3) is 2.34. The maximum Gasteiger partial charge on any atom is 0.298 e. The highest BCUT2D eigenvalue weighted by Crippen LogP contribution is 2.25. The molecule has 2 rings (SSSR count). The van der Waals surface area contributed by atoms with Crippen LogP contribution < -0.4 is 10.6 Å². The molecule has 0 aliphatic carbocycles. The van der Waals surface area contributed by atoms with Gasteiger partial charge < -0.3 is 20.2 Å². The molecule has 3 N–H and O–H groups in total. The lowest BCUT2D eigenvalue weighted by Crippen LogP contribution is -2.24. The van der Waals surface area contributed by atoms with Crippen molar-refractivity contribution in [3.05, 3.63) is 18.2 Å². The van der Waals surface area contributed by atoms with Crippen LogP contribution in [0, 0.1) is 0 Å². The Bertz CT molecular complexity index is 495. The lowest BCUT2D eigenvalue weighted by molar-refractivity contribution is 0.289. The number of oxazole rings is 1. The van der Waals surface area contributed by atoms with Crippen LogP contribution in [-0.4, -0.2) is 29.8 Å². The molecule has 5 nitrogen and oxygen atoms in total. The monoisotopic (exact) mass is 235 g/mol. The van der Waals surface area contributed by atoms with Gasteiger partial charge in [0.2, 0.25) is 0 Å². The summed E-state index contributed by atoms with van der Waals surface area (Å²) in [5.74, 6) is 0. The summed E-state index contributed by atoms with van der Waals surface area (Å²) in [7, 11) is 0. The molecule has 0 radical (unpaired) electrons. The molecule has 0 atom stereocenters. The van der Waals surface area contributed by atoms with Gasteiger partial charge >= 0.3 is 0 Å². The number of fused-ring (bicyclic) bond motifs is 1. The molecule has 0 unspecified atom stereocenters. The fraction of sp³-hybridized carbons (Fsp3) is 0.417. The van der Waals surface area contributed by atoms with Crippen LogP contribution in [0.4, 0.5) is 11.7 Å². The molecule has 2 aromatic rings. The minimum Gasteiger partial charge on any atom is -0.423 e. The summed E-state index contributed by atoms with van der Waals surface area (Å²) < 4.78 is 5.65. The molecule has 0 fully saturated rings. The van der Waals surface area contributed by atoms with E-state index in [1.54, 1.807) is 6.07 Å². The Morgan fingerprint density at radius 1 is 1.47 bits per heavy atom. The first kappa shape index (κ1) is 11.7. The zero-order valence-electron chi connectivity index (χ0n) is 9.89. The molecule has 92 valence electrons. The molecule has 0 saturated heterocycles. The van der Waals surface area contributed by atoms with Crippen LogP contribution in [0.2, 0.25) is 0 Å². The van der Waals surface area contributed by atoms with Crippen molar-refractivity contribution in [3.63, 3.8) is 0 Å². The van der Waals surface area contributed by atoms with Gasteiger partial charge in [-0.2, -0.15) is 4.98 Å². The normalized spacial score (nSPS) is 10.9. The summed E-state index contributed by atoms with van der Waals surface area (Å²) >= 11 is 0. The van der Waals surface area contributed by atoms with Gasteiger partial charge in [-0.3, -0.25) is 0 Å². The van der Waals surface area contributed by atoms with Crippen molar-refractivity contribution >= 4 is 22.8 Å². The third-order valence-electron chi connectivity index (χ3n) is 2.68. The van der Waals surface area contributed by atoms with Crippen molar-refractivity contribution in [2.75, 3.05) is 30.3 Å². The quantitative estimate of drug-likeness (QED) is 0.770. The van der Waals surface area contributed by atoms with Gasteiger partial charge in [-0.15, -0.1) is 0 Å². The number of nitrogen functional groups attached to an aromatic ring is 1. The average molecular weight is 235 g/mol. The van der Waals surface area contributed by atoms with Crippen molar-refractivity contribution in [1.29, 1.82) is 0 Å². The van der Waals surface area contributed by atoms with Crippen molar-refractivity contribution in [3.8, 4) is 0 Å². The molecule has 0 aliphatic heterocycles. The van der Waals surface area contributed by atoms with Crippen LogP contribution in [0.15, 0.2) is 22.6 Å². The summed E-state index contributed by atoms with van der Waals surface area (Å²) in [6.07, 6.45) is 0.696. The Morgan fingerprint density at radius 2 is 2.29 bits per heavy atom. The van der Waals surface area contributed by atoms with Gasteiger partial charge in [0.1, 0.15) is 5.52 Å². The predicted molar refractivity (Wildman–Crippen MR) is 68.0 cm³/mol. The third-order valence-corrected chi connectivity index (χ3v) is 2.68. The summed E-state index contributed by atoms with van der Waals surface area (Å²) in [5, 5.41) is 8.84. The Labute approximate surface area is 99.8 Å². The van der Waals surface area contributed by atoms with Crippen LogP contribution in [0.1, 0.15) is 13.3 Å². The average Bonchev–Trinajstić information content (AvgIpc) is 2.75. The Hall–Kier alpha value is -1.75. The fourth-order valence-electron chi connectivity index (χ4n) is 1.74. The number of aliphatic hydroxyl groups is 1. The van der Waals surface area contributed by atoms with Crippen LogP contribution in [0.5, 0.6) is 0 Å². The molecule has 1 aromatic heterocycles. The van der Waals surface area contributed by atoms with E-state index in [2.05, 4.69) is 4.98 Å². The van der Waals surface area contributed by atoms with E-state index in [0.29, 0.717) is 29.2 Å². The van der Waals surface area contributed by atoms with E-state index in [-0.39, 0.29) is 6.61 Å². The molecule has 5 heteroatoms. The number of aromatic nitrogens is 1. The summed E-state index contributed by atoms with van der Waals surface area (Å²) in [4.78, 5) is 6.37. The van der Waals surface area contributed by atoms with Crippen molar-refractivity contribution in [2.24, 2.45) is 0 Å². The number of anilines is 2. The summed E-state index contributed by atoms with van der Waals surface area (Å²) in [6.45, 7) is 3.70. The maximum atomic E-state index is 8.84. The van der Waals surface area contributed by atoms with Crippen LogP contribution in [0.25, 0.3) is 11.1 Å². The second-order valence-electron chi connectivity index (χ2n) is 3.85. The highest BCUT2D eigenvalue weighted by atomic mass is 16.4. The first-order chi connectivity index (χ1) is 8.26. The van der Waals surface area contributed by atoms with Crippen LogP contribution in [-0.2, 0) is 0 Å². The van der Waals surface area contributed by atoms with E-state index in [0.717, 1.165) is 13.1 Å². The van der Waals surface area contributed by atoms with E-state index in [9.17, 15) is 0 Å². The molecule has 17 heavy (non-hydrogen) atoms. The highest BCUT2D eigenvalue weighted by molar-refractivity contribution is 5.86. The summed E-state index contributed by atoms with van der Waals surface area (Å²) in [6, 6.07) is 6.06. The zero-order chi connectivity index (χ0) is 12.3. The first-order valence-corrected chi connectivity index (χ1v) is 5.77. The molecule has 0 saturated carbocycles. The van der Waals surface area contributed by atoms with E-state index < -0.39 is 0 Å². The van der Waals surface area contributed by atoms with E-state index in [1.807, 2.05) is 24.0 Å². The molecule has 0 aliphatic rings. The van der Waals surface area contributed by atoms with Gasteiger partial charge in [0.15, 0.2) is 5.58 Å². The van der Waals surface area contributed by atoms with Gasteiger partial charge in [-0.25, -0.2) is 0 Å². The maximum absolute atomic E-state index is 8.84. The number of rotatable bonds is 5. The molecular formula is C12H17N3O2. The molecule has 1 heterocycles. The second-order valence-corrected chi connectivity index (χ2v) is 3.85. The van der Waals surface area contributed by atoms with Crippen molar-refractivity contribution in [2.45, 2.75) is 13.3 Å². The Morgan fingerprint density at radius 3 is 2.94 bits per heavy atom. The molecular weight excluding hydrogens is 218 g/mol. The Balaban J connectivity index is 2.31. The number of nitrogens with two attached hydrogens (primary N) is 1. The Kier molecular flexibility index (Phi) is 3.49. The van der Waals surface area contributed by atoms with E-state index in [4.69, 9.17) is 15.3 Å². The molecule has 0 amide bonds. The van der Waals surface area contributed by atoms with Gasteiger partial charge in [-0.05, 0) is 25.5 Å². The largest absolute Gasteiger partial charge is 0.423 e. The van der Waals surface area contributed by atoms with Crippen molar-refractivity contribution < 1.29 is 9.52 Å². The van der Waals surface area contributed by atoms with E-state index >= 15 is 0 Å². The van der Waals surface area contributed by atoms with Gasteiger partial charge in [0.05, 0.1) is 5.69 Å². The van der Waals surface area contributed by atoms with Gasteiger partial charge in [0, 0.05) is 19.7 Å². The number of para-hydroxylation sites is 1. The standard InChI is InChI=1S/C12H17N3O2/c1-2-15(7-4-8-16)12-14-11-9(13)5-3-6-10(11)17-12/h3,5-6,16H,2,4,7-8,13H2,1H3. The number of hydrogen-bond donors (Lipinski definition) is 2. The minimum atomic E-state index is 0.166. The first-order valence-electron chi connectivity index (χ1n) is 5.77. The van der Waals surface area contributed by atoms with Gasteiger partial charge in [0.25, 0.3) is 6.01 Å². The lowest BCUT2D eigenvalue weighted by atomic mass is 10.3. The second kappa shape index (κ2) is 5.05. The fourth-order valence-corrected chi connectivity index (χ4v) is 1.74. The molecule has 0 bridgehead atoms. The van der Waals surface area contributed by atoms with Crippen LogP contribution >= 0.6 is 0 Å². The number of hydrogen-bond acceptors (Lipinski definition) is 5.